The van der Waals surface area contributed by atoms with Gasteiger partial charge in [-0.1, -0.05) is 6.92 Å². The Hall–Kier alpha value is -1.43. The Morgan fingerprint density at radius 2 is 2.15 bits per heavy atom. The lowest BCUT2D eigenvalue weighted by Gasteiger charge is -2.16. The minimum atomic E-state index is -0.765. The van der Waals surface area contributed by atoms with Gasteiger partial charge in [-0.25, -0.2) is 8.78 Å². The van der Waals surface area contributed by atoms with Crippen molar-refractivity contribution in [3.05, 3.63) is 17.7 Å². The number of nitrogens with zero attached hydrogens (tertiary/aromatic N) is 2. The van der Waals surface area contributed by atoms with E-state index in [-0.39, 0.29) is 11.7 Å². The van der Waals surface area contributed by atoms with E-state index in [9.17, 15) is 8.78 Å². The van der Waals surface area contributed by atoms with Gasteiger partial charge in [-0.05, 0) is 26.3 Å². The molecule has 1 fully saturated rings. The van der Waals surface area contributed by atoms with Crippen molar-refractivity contribution < 1.29 is 13.5 Å². The predicted octanol–water partition coefficient (Wildman–Crippen LogP) is 2.65. The van der Waals surface area contributed by atoms with Crippen LogP contribution >= 0.6 is 0 Å². The maximum Gasteiger partial charge on any atom is 0.252 e. The summed E-state index contributed by atoms with van der Waals surface area (Å²) in [6.07, 6.45) is 3.26. The summed E-state index contributed by atoms with van der Waals surface area (Å²) in [6.45, 7) is 3.59. The standard InChI is InChI=1S/C14H21F2N3O/c1-3-6-17-13-11(15)9-12(16)14(18-13)20-8-7-19(2)10-4-5-10/h9-10H,3-8H2,1-2H3,(H,17,18). The summed E-state index contributed by atoms with van der Waals surface area (Å²) < 4.78 is 32.4. The van der Waals surface area contributed by atoms with Crippen molar-refractivity contribution in [3.8, 4) is 5.88 Å². The fourth-order valence-electron chi connectivity index (χ4n) is 1.90. The molecule has 0 saturated heterocycles. The fraction of sp³-hybridized carbons (Fsp3) is 0.643. The molecule has 2 rings (SSSR count). The Morgan fingerprint density at radius 3 is 2.80 bits per heavy atom. The first kappa shape index (κ1) is 15.0. The number of anilines is 1. The van der Waals surface area contributed by atoms with E-state index in [4.69, 9.17) is 4.74 Å². The molecular formula is C14H21F2N3O. The van der Waals surface area contributed by atoms with Gasteiger partial charge >= 0.3 is 0 Å². The van der Waals surface area contributed by atoms with Gasteiger partial charge in [-0.15, -0.1) is 0 Å². The van der Waals surface area contributed by atoms with E-state index in [0.717, 1.165) is 12.5 Å². The Bertz CT molecular complexity index is 452. The summed E-state index contributed by atoms with van der Waals surface area (Å²) in [5.41, 5.74) is 0. The number of hydrogen-bond donors (Lipinski definition) is 1. The molecule has 112 valence electrons. The topological polar surface area (TPSA) is 37.4 Å². The summed E-state index contributed by atoms with van der Waals surface area (Å²) in [5, 5.41) is 2.81. The highest BCUT2D eigenvalue weighted by atomic mass is 19.1. The maximum atomic E-state index is 13.6. The highest BCUT2D eigenvalue weighted by Gasteiger charge is 2.25. The van der Waals surface area contributed by atoms with Crippen molar-refractivity contribution >= 4 is 5.82 Å². The summed E-state index contributed by atoms with van der Waals surface area (Å²) in [5.74, 6) is -1.56. The lowest BCUT2D eigenvalue weighted by molar-refractivity contribution is 0.219. The lowest BCUT2D eigenvalue weighted by Crippen LogP contribution is -2.26. The van der Waals surface area contributed by atoms with Crippen molar-refractivity contribution in [2.45, 2.75) is 32.2 Å². The molecule has 0 bridgehead atoms. The molecule has 0 aromatic carbocycles. The van der Waals surface area contributed by atoms with Crippen LogP contribution in [-0.4, -0.2) is 42.7 Å². The van der Waals surface area contributed by atoms with Crippen molar-refractivity contribution in [1.29, 1.82) is 0 Å². The molecule has 0 radical (unpaired) electrons. The van der Waals surface area contributed by atoms with Gasteiger partial charge in [0.15, 0.2) is 17.5 Å². The number of ether oxygens (including phenoxy) is 1. The third-order valence-electron chi connectivity index (χ3n) is 3.29. The molecule has 1 heterocycles. The van der Waals surface area contributed by atoms with Gasteiger partial charge in [0.1, 0.15) is 6.61 Å². The van der Waals surface area contributed by atoms with Crippen LogP contribution in [0.4, 0.5) is 14.6 Å². The number of halogens is 2. The van der Waals surface area contributed by atoms with Gasteiger partial charge in [0, 0.05) is 25.2 Å². The molecule has 4 nitrogen and oxygen atoms in total. The SMILES string of the molecule is CCCNc1nc(OCCN(C)C2CC2)c(F)cc1F. The minimum Gasteiger partial charge on any atom is -0.474 e. The molecule has 0 atom stereocenters. The number of likely N-dealkylation sites (N-methyl/N-ethyl adjacent to an activating group) is 1. The zero-order valence-electron chi connectivity index (χ0n) is 12.0. The van der Waals surface area contributed by atoms with Crippen LogP contribution in [0.25, 0.3) is 0 Å². The molecule has 0 unspecified atom stereocenters. The van der Waals surface area contributed by atoms with E-state index in [2.05, 4.69) is 15.2 Å². The zero-order valence-corrected chi connectivity index (χ0v) is 12.0. The first-order valence-corrected chi connectivity index (χ1v) is 7.04. The van der Waals surface area contributed by atoms with Gasteiger partial charge in [0.05, 0.1) is 0 Å². The Kier molecular flexibility index (Phi) is 5.11. The number of nitrogens with one attached hydrogen (secondary N) is 1. The number of hydrogen-bond acceptors (Lipinski definition) is 4. The van der Waals surface area contributed by atoms with Crippen LogP contribution in [0.1, 0.15) is 26.2 Å². The van der Waals surface area contributed by atoms with Gasteiger partial charge < -0.3 is 15.0 Å². The van der Waals surface area contributed by atoms with Crippen LogP contribution < -0.4 is 10.1 Å². The summed E-state index contributed by atoms with van der Waals surface area (Å²) >= 11 is 0. The predicted molar refractivity (Wildman–Crippen MR) is 74.1 cm³/mol. The monoisotopic (exact) mass is 285 g/mol. The number of rotatable bonds is 8. The molecule has 0 aliphatic heterocycles. The van der Waals surface area contributed by atoms with Crippen LogP contribution in [0, 0.1) is 11.6 Å². The average molecular weight is 285 g/mol. The van der Waals surface area contributed by atoms with Gasteiger partial charge in [-0.3, -0.25) is 0 Å². The van der Waals surface area contributed by atoms with E-state index in [1.807, 2.05) is 14.0 Å². The van der Waals surface area contributed by atoms with Gasteiger partial charge in [-0.2, -0.15) is 4.98 Å². The van der Waals surface area contributed by atoms with E-state index in [1.165, 1.54) is 12.8 Å². The number of pyridine rings is 1. The van der Waals surface area contributed by atoms with Crippen LogP contribution in [0.3, 0.4) is 0 Å². The zero-order chi connectivity index (χ0) is 14.5. The Labute approximate surface area is 118 Å². The van der Waals surface area contributed by atoms with E-state index >= 15 is 0 Å². The molecule has 1 aromatic heterocycles. The molecular weight excluding hydrogens is 264 g/mol. The van der Waals surface area contributed by atoms with Crippen LogP contribution in [0.15, 0.2) is 6.07 Å². The fourth-order valence-corrected chi connectivity index (χ4v) is 1.90. The second-order valence-corrected chi connectivity index (χ2v) is 5.09. The lowest BCUT2D eigenvalue weighted by atomic mass is 10.4. The minimum absolute atomic E-state index is 0.0406. The second kappa shape index (κ2) is 6.83. The van der Waals surface area contributed by atoms with E-state index in [0.29, 0.717) is 25.7 Å². The number of aromatic nitrogens is 1. The first-order chi connectivity index (χ1) is 9.61. The molecule has 6 heteroatoms. The van der Waals surface area contributed by atoms with Gasteiger partial charge in [0.25, 0.3) is 5.88 Å². The van der Waals surface area contributed by atoms with Crippen molar-refractivity contribution in [2.24, 2.45) is 0 Å². The summed E-state index contributed by atoms with van der Waals surface area (Å²) in [7, 11) is 2.02. The van der Waals surface area contributed by atoms with Crippen LogP contribution in [-0.2, 0) is 0 Å². The summed E-state index contributed by atoms with van der Waals surface area (Å²) in [4.78, 5) is 6.04. The molecule has 0 spiro atoms. The Morgan fingerprint density at radius 1 is 1.40 bits per heavy atom. The van der Waals surface area contributed by atoms with E-state index < -0.39 is 11.6 Å². The second-order valence-electron chi connectivity index (χ2n) is 5.09. The molecule has 1 N–H and O–H groups in total. The average Bonchev–Trinajstić information content (AvgIpc) is 3.24. The third-order valence-corrected chi connectivity index (χ3v) is 3.29. The Balaban J connectivity index is 1.91. The van der Waals surface area contributed by atoms with Crippen LogP contribution in [0.2, 0.25) is 0 Å². The van der Waals surface area contributed by atoms with Crippen molar-refractivity contribution in [2.75, 3.05) is 32.1 Å². The quantitative estimate of drug-likeness (QED) is 0.797. The van der Waals surface area contributed by atoms with E-state index in [1.54, 1.807) is 0 Å². The normalized spacial score (nSPS) is 14.7. The smallest absolute Gasteiger partial charge is 0.252 e. The first-order valence-electron chi connectivity index (χ1n) is 7.04. The molecule has 1 aromatic rings. The summed E-state index contributed by atoms with van der Waals surface area (Å²) in [6, 6.07) is 1.44. The highest BCUT2D eigenvalue weighted by Crippen LogP contribution is 2.25. The maximum absolute atomic E-state index is 13.6. The van der Waals surface area contributed by atoms with Crippen molar-refractivity contribution in [3.63, 3.8) is 0 Å². The molecule has 20 heavy (non-hydrogen) atoms. The molecule has 1 aliphatic rings. The highest BCUT2D eigenvalue weighted by molar-refractivity contribution is 5.39. The van der Waals surface area contributed by atoms with Crippen molar-refractivity contribution in [1.82, 2.24) is 9.88 Å². The molecule has 1 saturated carbocycles. The molecule has 0 amide bonds. The van der Waals surface area contributed by atoms with Gasteiger partial charge in [0.2, 0.25) is 0 Å². The van der Waals surface area contributed by atoms with Crippen LogP contribution in [0.5, 0.6) is 5.88 Å². The third kappa shape index (κ3) is 4.03. The largest absolute Gasteiger partial charge is 0.474 e. The molecule has 1 aliphatic carbocycles.